The van der Waals surface area contributed by atoms with E-state index in [9.17, 15) is 9.59 Å². The number of fused-ring (bicyclic) bond motifs is 1. The Morgan fingerprint density at radius 1 is 1.19 bits per heavy atom. The van der Waals surface area contributed by atoms with Crippen LogP contribution in [0.4, 0.5) is 5.69 Å². The number of hydrogen-bond donors (Lipinski definition) is 2. The minimum atomic E-state index is -0.283. The minimum Gasteiger partial charge on any atom is -0.469 e. The Bertz CT molecular complexity index is 668. The fourth-order valence-corrected chi connectivity index (χ4v) is 2.09. The van der Waals surface area contributed by atoms with Crippen molar-refractivity contribution in [2.45, 2.75) is 12.8 Å². The molecule has 0 aliphatic heterocycles. The van der Waals surface area contributed by atoms with E-state index in [4.69, 9.17) is 5.73 Å². The summed E-state index contributed by atoms with van der Waals surface area (Å²) in [5.41, 5.74) is 6.82. The van der Waals surface area contributed by atoms with E-state index >= 15 is 0 Å². The van der Waals surface area contributed by atoms with E-state index in [0.717, 1.165) is 10.8 Å². The van der Waals surface area contributed by atoms with Gasteiger partial charge in [0.15, 0.2) is 0 Å². The number of anilines is 1. The zero-order chi connectivity index (χ0) is 15.2. The van der Waals surface area contributed by atoms with Gasteiger partial charge in [0.25, 0.3) is 5.91 Å². The number of methoxy groups -OCH3 is 1. The van der Waals surface area contributed by atoms with Crippen molar-refractivity contribution in [2.24, 2.45) is 0 Å². The molecule has 0 fully saturated rings. The van der Waals surface area contributed by atoms with Crippen LogP contribution in [0.1, 0.15) is 23.2 Å². The summed E-state index contributed by atoms with van der Waals surface area (Å²) in [4.78, 5) is 23.1. The molecule has 110 valence electrons. The predicted molar refractivity (Wildman–Crippen MR) is 81.9 cm³/mol. The van der Waals surface area contributed by atoms with Crippen LogP contribution in [0.2, 0.25) is 0 Å². The number of benzene rings is 2. The third-order valence-corrected chi connectivity index (χ3v) is 3.23. The molecule has 0 saturated carbocycles. The number of hydrogen-bond acceptors (Lipinski definition) is 4. The highest BCUT2D eigenvalue weighted by Crippen LogP contribution is 2.21. The number of amides is 1. The molecule has 5 nitrogen and oxygen atoms in total. The standard InChI is InChI=1S/C16H18N2O3/c1-21-15(19)7-4-8-18-16(20)13-9-11-5-2-3-6-12(11)10-14(13)17/h2-3,5-6,9-10H,4,7-8,17H2,1H3,(H,18,20). The highest BCUT2D eigenvalue weighted by Gasteiger charge is 2.10. The minimum absolute atomic E-state index is 0.233. The molecule has 2 aromatic carbocycles. The molecular weight excluding hydrogens is 268 g/mol. The maximum absolute atomic E-state index is 12.1. The van der Waals surface area contributed by atoms with Crippen molar-refractivity contribution >= 4 is 28.3 Å². The number of nitrogens with two attached hydrogens (primary N) is 1. The first-order valence-corrected chi connectivity index (χ1v) is 6.75. The van der Waals surface area contributed by atoms with Crippen molar-refractivity contribution in [2.75, 3.05) is 19.4 Å². The van der Waals surface area contributed by atoms with Crippen LogP contribution in [0.25, 0.3) is 10.8 Å². The summed E-state index contributed by atoms with van der Waals surface area (Å²) >= 11 is 0. The van der Waals surface area contributed by atoms with Gasteiger partial charge in [-0.3, -0.25) is 9.59 Å². The van der Waals surface area contributed by atoms with Crippen LogP contribution in [-0.4, -0.2) is 25.5 Å². The number of esters is 1. The lowest BCUT2D eigenvalue weighted by atomic mass is 10.0. The van der Waals surface area contributed by atoms with Crippen LogP contribution in [0.3, 0.4) is 0 Å². The fraction of sp³-hybridized carbons (Fsp3) is 0.250. The van der Waals surface area contributed by atoms with E-state index in [1.165, 1.54) is 7.11 Å². The van der Waals surface area contributed by atoms with Gasteiger partial charge < -0.3 is 15.8 Å². The topological polar surface area (TPSA) is 81.4 Å². The first kappa shape index (κ1) is 14.8. The molecule has 0 saturated heterocycles. The monoisotopic (exact) mass is 286 g/mol. The van der Waals surface area contributed by atoms with E-state index in [1.807, 2.05) is 24.3 Å². The van der Waals surface area contributed by atoms with Crippen molar-refractivity contribution in [1.82, 2.24) is 5.32 Å². The van der Waals surface area contributed by atoms with Gasteiger partial charge in [-0.1, -0.05) is 24.3 Å². The zero-order valence-electron chi connectivity index (χ0n) is 11.9. The third kappa shape index (κ3) is 3.72. The molecule has 0 bridgehead atoms. The Balaban J connectivity index is 2.02. The summed E-state index contributed by atoms with van der Waals surface area (Å²) in [6.45, 7) is 0.403. The quantitative estimate of drug-likeness (QED) is 0.501. The second kappa shape index (κ2) is 6.74. The maximum atomic E-state index is 12.1. The molecule has 2 rings (SSSR count). The van der Waals surface area contributed by atoms with E-state index in [-0.39, 0.29) is 18.3 Å². The van der Waals surface area contributed by atoms with Gasteiger partial charge in [-0.25, -0.2) is 0 Å². The maximum Gasteiger partial charge on any atom is 0.305 e. The van der Waals surface area contributed by atoms with Crippen LogP contribution in [0.5, 0.6) is 0 Å². The average Bonchev–Trinajstić information content (AvgIpc) is 2.50. The van der Waals surface area contributed by atoms with E-state index in [2.05, 4.69) is 10.1 Å². The molecule has 2 aromatic rings. The van der Waals surface area contributed by atoms with Gasteiger partial charge in [0.1, 0.15) is 0 Å². The molecular formula is C16H18N2O3. The molecule has 0 aromatic heterocycles. The van der Waals surface area contributed by atoms with Crippen molar-refractivity contribution in [3.8, 4) is 0 Å². The SMILES string of the molecule is COC(=O)CCCNC(=O)c1cc2ccccc2cc1N. The Labute approximate surface area is 123 Å². The normalized spacial score (nSPS) is 10.3. The van der Waals surface area contributed by atoms with Crippen molar-refractivity contribution in [3.05, 3.63) is 42.0 Å². The average molecular weight is 286 g/mol. The molecule has 0 radical (unpaired) electrons. The number of nitrogen functional groups attached to an aromatic ring is 1. The molecule has 1 amide bonds. The van der Waals surface area contributed by atoms with Gasteiger partial charge >= 0.3 is 5.97 Å². The molecule has 0 unspecified atom stereocenters. The van der Waals surface area contributed by atoms with Crippen molar-refractivity contribution in [1.29, 1.82) is 0 Å². The summed E-state index contributed by atoms with van der Waals surface area (Å²) in [5.74, 6) is -0.516. The Morgan fingerprint density at radius 2 is 1.86 bits per heavy atom. The summed E-state index contributed by atoms with van der Waals surface area (Å²) in [5, 5.41) is 4.72. The molecule has 3 N–H and O–H groups in total. The highest BCUT2D eigenvalue weighted by molar-refractivity contribution is 6.03. The summed E-state index contributed by atoms with van der Waals surface area (Å²) < 4.78 is 4.54. The molecule has 5 heteroatoms. The largest absolute Gasteiger partial charge is 0.469 e. The van der Waals surface area contributed by atoms with Crippen molar-refractivity contribution < 1.29 is 14.3 Å². The fourth-order valence-electron chi connectivity index (χ4n) is 2.09. The number of rotatable bonds is 5. The second-order valence-electron chi connectivity index (χ2n) is 4.72. The van der Waals surface area contributed by atoms with Gasteiger partial charge in [-0.2, -0.15) is 0 Å². The van der Waals surface area contributed by atoms with Crippen LogP contribution < -0.4 is 11.1 Å². The van der Waals surface area contributed by atoms with Gasteiger partial charge in [-0.15, -0.1) is 0 Å². The Hall–Kier alpha value is -2.56. The molecule has 0 heterocycles. The van der Waals surface area contributed by atoms with Crippen molar-refractivity contribution in [3.63, 3.8) is 0 Å². The zero-order valence-corrected chi connectivity index (χ0v) is 11.9. The van der Waals surface area contributed by atoms with E-state index < -0.39 is 0 Å². The van der Waals surface area contributed by atoms with Crippen LogP contribution in [0.15, 0.2) is 36.4 Å². The molecule has 0 spiro atoms. The van der Waals surface area contributed by atoms with E-state index in [1.54, 1.807) is 12.1 Å². The summed E-state index contributed by atoms with van der Waals surface area (Å²) in [7, 11) is 1.34. The molecule has 0 aliphatic rings. The molecule has 0 aliphatic carbocycles. The number of nitrogens with one attached hydrogen (secondary N) is 1. The lowest BCUT2D eigenvalue weighted by Crippen LogP contribution is -2.25. The smallest absolute Gasteiger partial charge is 0.305 e. The highest BCUT2D eigenvalue weighted by atomic mass is 16.5. The predicted octanol–water partition coefficient (Wildman–Crippen LogP) is 2.10. The first-order valence-electron chi connectivity index (χ1n) is 6.75. The van der Waals surface area contributed by atoms with Crippen LogP contribution in [-0.2, 0) is 9.53 Å². The summed E-state index contributed by atoms with van der Waals surface area (Å²) in [6.07, 6.45) is 0.815. The Morgan fingerprint density at radius 3 is 2.52 bits per heavy atom. The Kier molecular flexibility index (Phi) is 4.77. The van der Waals surface area contributed by atoms with Gasteiger partial charge in [0.05, 0.1) is 12.7 Å². The molecule has 21 heavy (non-hydrogen) atoms. The van der Waals surface area contributed by atoms with E-state index in [0.29, 0.717) is 24.2 Å². The number of carbonyl (C=O) groups is 2. The number of carbonyl (C=O) groups excluding carboxylic acids is 2. The lowest BCUT2D eigenvalue weighted by Gasteiger charge is -2.09. The van der Waals surface area contributed by atoms with Gasteiger partial charge in [-0.05, 0) is 29.3 Å². The van der Waals surface area contributed by atoms with Gasteiger partial charge in [0, 0.05) is 18.7 Å². The van der Waals surface area contributed by atoms with Crippen LogP contribution in [0, 0.1) is 0 Å². The third-order valence-electron chi connectivity index (χ3n) is 3.23. The number of ether oxygens (including phenoxy) is 1. The second-order valence-corrected chi connectivity index (χ2v) is 4.72. The summed E-state index contributed by atoms with van der Waals surface area (Å²) in [6, 6.07) is 11.3. The first-order chi connectivity index (χ1) is 10.1. The lowest BCUT2D eigenvalue weighted by molar-refractivity contribution is -0.140. The van der Waals surface area contributed by atoms with Crippen LogP contribution >= 0.6 is 0 Å². The van der Waals surface area contributed by atoms with Gasteiger partial charge in [0.2, 0.25) is 0 Å². The molecule has 0 atom stereocenters.